The number of unbranched alkanes of at least 4 members (excludes halogenated alkanes) is 4. The van der Waals surface area contributed by atoms with E-state index in [1.165, 1.54) is 0 Å². The maximum absolute atomic E-state index is 13.0. The Hall–Kier alpha value is -2.31. The third-order valence-corrected chi connectivity index (χ3v) is 10.6. The summed E-state index contributed by atoms with van der Waals surface area (Å²) < 4.78 is 50.0. The molecule has 0 aliphatic carbocycles. The molecule has 0 aliphatic rings. The Balaban J connectivity index is 2.81. The summed E-state index contributed by atoms with van der Waals surface area (Å²) in [7, 11) is -10.9. The van der Waals surface area contributed by atoms with E-state index < -0.39 is 58.3 Å². The fourth-order valence-corrected chi connectivity index (χ4v) is 6.76. The number of nitrogens with one attached hydrogen (secondary N) is 1. The van der Waals surface area contributed by atoms with Gasteiger partial charge in [0.05, 0.1) is 0 Å². The lowest BCUT2D eigenvalue weighted by Crippen LogP contribution is -2.33. The molecule has 0 saturated heterocycles. The SMILES string of the molecule is CCCCCC(=O)OCOP(=O)(O)C(O)(CCCNC(=O)OCc1ccccc1)P(=O)(O)OCOC(=O)CCCCC. The standard InChI is InChI=1S/C26H43NO13P2/c1-3-5-8-15-23(28)37-20-39-41(32,33)26(31,42(34,35)40-21-38-24(29)16-9-6-4-2)17-12-18-27-25(30)36-19-22-13-10-7-11-14-22/h7,10-11,13-14,31H,3-6,8-9,12,15-21H2,1-2H3,(H,27,30)(H,32,33)(H,34,35). The highest BCUT2D eigenvalue weighted by atomic mass is 31.2. The topological polar surface area (TPSA) is 204 Å². The van der Waals surface area contributed by atoms with Crippen molar-refractivity contribution >= 4 is 33.2 Å². The van der Waals surface area contributed by atoms with E-state index in [1.807, 2.05) is 13.8 Å². The van der Waals surface area contributed by atoms with E-state index in [4.69, 9.17) is 23.3 Å². The average molecular weight is 640 g/mol. The zero-order valence-corrected chi connectivity index (χ0v) is 25.9. The number of esters is 2. The first-order valence-corrected chi connectivity index (χ1v) is 17.0. The first-order chi connectivity index (χ1) is 19.9. The van der Waals surface area contributed by atoms with Crippen molar-refractivity contribution in [3.8, 4) is 0 Å². The van der Waals surface area contributed by atoms with Crippen LogP contribution in [0.15, 0.2) is 30.3 Å². The van der Waals surface area contributed by atoms with Crippen molar-refractivity contribution in [3.05, 3.63) is 35.9 Å². The van der Waals surface area contributed by atoms with Crippen LogP contribution in [0.5, 0.6) is 0 Å². The molecule has 0 aromatic heterocycles. The van der Waals surface area contributed by atoms with Gasteiger partial charge in [-0.15, -0.1) is 0 Å². The number of ether oxygens (including phenoxy) is 3. The second kappa shape index (κ2) is 19.8. The molecule has 1 aromatic rings. The van der Waals surface area contributed by atoms with Crippen LogP contribution in [-0.2, 0) is 48.6 Å². The van der Waals surface area contributed by atoms with Crippen molar-refractivity contribution < 1.29 is 61.7 Å². The lowest BCUT2D eigenvalue weighted by Gasteiger charge is -2.33. The largest absolute Gasteiger partial charge is 0.445 e. The van der Waals surface area contributed by atoms with Gasteiger partial charge < -0.3 is 34.4 Å². The van der Waals surface area contributed by atoms with E-state index in [9.17, 15) is 38.4 Å². The Labute approximate surface area is 246 Å². The van der Waals surface area contributed by atoms with Crippen LogP contribution < -0.4 is 5.32 Å². The molecule has 0 radical (unpaired) electrons. The Kier molecular flexibility index (Phi) is 17.8. The van der Waals surface area contributed by atoms with Crippen LogP contribution in [-0.4, -0.2) is 58.1 Å². The van der Waals surface area contributed by atoms with Crippen molar-refractivity contribution in [1.29, 1.82) is 0 Å². The van der Waals surface area contributed by atoms with Crippen LogP contribution in [0.25, 0.3) is 0 Å². The van der Waals surface area contributed by atoms with Crippen LogP contribution in [0, 0.1) is 0 Å². The molecule has 16 heteroatoms. The van der Waals surface area contributed by atoms with Crippen LogP contribution in [0.3, 0.4) is 0 Å². The normalized spacial score (nSPS) is 15.5. The van der Waals surface area contributed by atoms with Gasteiger partial charge in [0.1, 0.15) is 6.61 Å². The smallest absolute Gasteiger partial charge is 0.407 e. The summed E-state index contributed by atoms with van der Waals surface area (Å²) in [5, 5.41) is 9.99. The monoisotopic (exact) mass is 639 g/mol. The van der Waals surface area contributed by atoms with Gasteiger partial charge in [0, 0.05) is 25.8 Å². The Morgan fingerprint density at radius 1 is 0.786 bits per heavy atom. The summed E-state index contributed by atoms with van der Waals surface area (Å²) in [4.78, 5) is 56.6. The van der Waals surface area contributed by atoms with Crippen molar-refractivity contribution in [2.75, 3.05) is 20.1 Å². The van der Waals surface area contributed by atoms with Crippen LogP contribution >= 0.6 is 15.2 Å². The van der Waals surface area contributed by atoms with Crippen molar-refractivity contribution in [1.82, 2.24) is 5.32 Å². The molecule has 0 saturated carbocycles. The van der Waals surface area contributed by atoms with Gasteiger partial charge in [-0.2, -0.15) is 0 Å². The summed E-state index contributed by atoms with van der Waals surface area (Å²) in [6.07, 6.45) is 2.27. The third-order valence-electron chi connectivity index (χ3n) is 5.94. The predicted octanol–water partition coefficient (Wildman–Crippen LogP) is 4.91. The van der Waals surface area contributed by atoms with Gasteiger partial charge in [0.15, 0.2) is 0 Å². The molecular formula is C26H43NO13P2. The molecule has 240 valence electrons. The highest BCUT2D eigenvalue weighted by molar-refractivity contribution is 7.72. The molecule has 0 bridgehead atoms. The number of amides is 1. The fraction of sp³-hybridized carbons (Fsp3) is 0.654. The predicted molar refractivity (Wildman–Crippen MR) is 151 cm³/mol. The number of benzene rings is 1. The number of carbonyl (C=O) groups excluding carboxylic acids is 3. The van der Waals surface area contributed by atoms with E-state index in [-0.39, 0.29) is 32.4 Å². The fourth-order valence-electron chi connectivity index (χ4n) is 3.45. The molecule has 42 heavy (non-hydrogen) atoms. The van der Waals surface area contributed by atoms with E-state index in [0.717, 1.165) is 31.2 Å². The minimum Gasteiger partial charge on any atom is -0.445 e. The van der Waals surface area contributed by atoms with Gasteiger partial charge in [-0.3, -0.25) is 27.8 Å². The summed E-state index contributed by atoms with van der Waals surface area (Å²) in [6.45, 7) is 1.43. The molecule has 4 N–H and O–H groups in total. The molecule has 0 heterocycles. The Morgan fingerprint density at radius 2 is 1.29 bits per heavy atom. The molecule has 0 aliphatic heterocycles. The average Bonchev–Trinajstić information content (AvgIpc) is 2.94. The highest BCUT2D eigenvalue weighted by Crippen LogP contribution is 2.73. The summed E-state index contributed by atoms with van der Waals surface area (Å²) in [5.41, 5.74) is 0.732. The number of alkyl carbamates (subject to hydrolysis) is 1. The lowest BCUT2D eigenvalue weighted by molar-refractivity contribution is -0.151. The molecule has 1 rings (SSSR count). The summed E-state index contributed by atoms with van der Waals surface area (Å²) >= 11 is 0. The van der Waals surface area contributed by atoms with E-state index in [0.29, 0.717) is 12.8 Å². The second-order valence-corrected chi connectivity index (χ2v) is 13.8. The third kappa shape index (κ3) is 13.8. The minimum absolute atomic E-state index is 0.0223. The van der Waals surface area contributed by atoms with E-state index >= 15 is 0 Å². The zero-order valence-electron chi connectivity index (χ0n) is 24.1. The zero-order chi connectivity index (χ0) is 31.5. The van der Waals surface area contributed by atoms with Gasteiger partial charge in [-0.05, 0) is 24.8 Å². The van der Waals surface area contributed by atoms with Gasteiger partial charge in [0.2, 0.25) is 13.6 Å². The van der Waals surface area contributed by atoms with Gasteiger partial charge >= 0.3 is 33.2 Å². The number of rotatable bonds is 22. The maximum atomic E-state index is 13.0. The molecular weight excluding hydrogens is 596 g/mol. The van der Waals surface area contributed by atoms with Crippen molar-refractivity contribution in [3.63, 3.8) is 0 Å². The quantitative estimate of drug-likeness (QED) is 0.0438. The summed E-state index contributed by atoms with van der Waals surface area (Å²) in [6, 6.07) is 8.82. The second-order valence-electron chi connectivity index (χ2n) is 9.35. The van der Waals surface area contributed by atoms with Crippen molar-refractivity contribution in [2.24, 2.45) is 0 Å². The van der Waals surface area contributed by atoms with E-state index in [1.54, 1.807) is 30.3 Å². The van der Waals surface area contributed by atoms with Crippen LogP contribution in [0.2, 0.25) is 0 Å². The lowest BCUT2D eigenvalue weighted by atomic mass is 10.2. The number of aliphatic hydroxyl groups is 1. The van der Waals surface area contributed by atoms with Gasteiger partial charge in [-0.25, -0.2) is 4.79 Å². The maximum Gasteiger partial charge on any atom is 0.407 e. The number of carbonyl (C=O) groups is 3. The molecule has 0 fully saturated rings. The Bertz CT molecular complexity index is 1010. The molecule has 2 atom stereocenters. The number of hydrogen-bond acceptors (Lipinski definition) is 11. The summed E-state index contributed by atoms with van der Waals surface area (Å²) in [5.74, 6) is -1.47. The molecule has 1 amide bonds. The first kappa shape index (κ1) is 37.7. The van der Waals surface area contributed by atoms with Gasteiger partial charge in [-0.1, -0.05) is 69.9 Å². The minimum atomic E-state index is -5.47. The number of hydrogen-bond donors (Lipinski definition) is 4. The van der Waals surface area contributed by atoms with Gasteiger partial charge in [0.25, 0.3) is 5.08 Å². The molecule has 2 unspecified atom stereocenters. The van der Waals surface area contributed by atoms with Crippen molar-refractivity contribution in [2.45, 2.75) is 89.7 Å². The highest BCUT2D eigenvalue weighted by Gasteiger charge is 2.62. The Morgan fingerprint density at radius 3 is 1.76 bits per heavy atom. The molecule has 14 nitrogen and oxygen atoms in total. The molecule has 1 aromatic carbocycles. The molecule has 0 spiro atoms. The first-order valence-electron chi connectivity index (χ1n) is 13.8. The van der Waals surface area contributed by atoms with Crippen LogP contribution in [0.4, 0.5) is 4.79 Å². The van der Waals surface area contributed by atoms with E-state index in [2.05, 4.69) is 5.32 Å². The van der Waals surface area contributed by atoms with Crippen LogP contribution in [0.1, 0.15) is 83.6 Å².